The lowest BCUT2D eigenvalue weighted by Gasteiger charge is -2.11. The Morgan fingerprint density at radius 3 is 2.57 bits per heavy atom. The van der Waals surface area contributed by atoms with Crippen molar-refractivity contribution in [1.29, 1.82) is 0 Å². The number of hydrogen-bond acceptors (Lipinski definition) is 4. The highest BCUT2D eigenvalue weighted by atomic mass is 35.5. The van der Waals surface area contributed by atoms with Crippen molar-refractivity contribution in [3.63, 3.8) is 0 Å². The van der Waals surface area contributed by atoms with Crippen LogP contribution in [0.2, 0.25) is 10.0 Å². The molecule has 0 heterocycles. The molecule has 0 atom stereocenters. The first-order chi connectivity index (χ1) is 9.92. The molecule has 0 saturated heterocycles. The number of nitrogens with one attached hydrogen (secondary N) is 1. The van der Waals surface area contributed by atoms with E-state index in [2.05, 4.69) is 4.72 Å². The van der Waals surface area contributed by atoms with Crippen molar-refractivity contribution >= 4 is 33.2 Å². The Bertz CT molecular complexity index is 564. The van der Waals surface area contributed by atoms with Crippen LogP contribution in [0.25, 0.3) is 0 Å². The third-order valence-corrected chi connectivity index (χ3v) is 5.12. The molecule has 120 valence electrons. The van der Waals surface area contributed by atoms with Crippen LogP contribution >= 0.6 is 23.2 Å². The van der Waals surface area contributed by atoms with Gasteiger partial charge in [0.25, 0.3) is 0 Å². The van der Waals surface area contributed by atoms with Gasteiger partial charge in [0.05, 0.1) is 11.6 Å². The van der Waals surface area contributed by atoms with E-state index in [1.165, 1.54) is 12.1 Å². The normalized spacial score (nSPS) is 11.8. The molecule has 0 aliphatic heterocycles. The summed E-state index contributed by atoms with van der Waals surface area (Å²) in [5.74, 6) is 0. The predicted octanol–water partition coefficient (Wildman–Crippen LogP) is 2.58. The van der Waals surface area contributed by atoms with Gasteiger partial charge >= 0.3 is 0 Å². The number of rotatable bonds is 9. The summed E-state index contributed by atoms with van der Waals surface area (Å²) in [5, 5.41) is 9.37. The second-order valence-electron chi connectivity index (χ2n) is 4.49. The third kappa shape index (κ3) is 5.73. The van der Waals surface area contributed by atoms with E-state index in [0.717, 1.165) is 12.8 Å². The van der Waals surface area contributed by atoms with Crippen LogP contribution < -0.4 is 4.72 Å². The maximum absolute atomic E-state index is 12.2. The standard InChI is InChI=1S/C13H19Cl2NO4S/c1-20-6-4-2-3-5-16-21(18,19)12-8-11(14)7-10(9-17)13(12)15/h7-8,16-17H,2-6,9H2,1H3. The van der Waals surface area contributed by atoms with E-state index in [4.69, 9.17) is 33.0 Å². The second-order valence-corrected chi connectivity index (χ2v) is 7.04. The van der Waals surface area contributed by atoms with Crippen molar-refractivity contribution in [2.75, 3.05) is 20.3 Å². The Morgan fingerprint density at radius 1 is 1.24 bits per heavy atom. The van der Waals surface area contributed by atoms with Crippen LogP contribution in [0.4, 0.5) is 0 Å². The summed E-state index contributed by atoms with van der Waals surface area (Å²) in [5.41, 5.74) is 0.282. The molecule has 21 heavy (non-hydrogen) atoms. The van der Waals surface area contributed by atoms with Gasteiger partial charge in [-0.2, -0.15) is 0 Å². The van der Waals surface area contributed by atoms with Gasteiger partial charge in [0.2, 0.25) is 10.0 Å². The van der Waals surface area contributed by atoms with Gasteiger partial charge in [-0.05, 0) is 37.0 Å². The summed E-state index contributed by atoms with van der Waals surface area (Å²) >= 11 is 11.8. The molecule has 0 spiro atoms. The fourth-order valence-electron chi connectivity index (χ4n) is 1.76. The number of methoxy groups -OCH3 is 1. The fraction of sp³-hybridized carbons (Fsp3) is 0.538. The Morgan fingerprint density at radius 2 is 1.95 bits per heavy atom. The summed E-state index contributed by atoms with van der Waals surface area (Å²) in [7, 11) is -2.12. The van der Waals surface area contributed by atoms with Crippen molar-refractivity contribution < 1.29 is 18.3 Å². The van der Waals surface area contributed by atoms with Gasteiger partial charge in [-0.3, -0.25) is 0 Å². The largest absolute Gasteiger partial charge is 0.392 e. The van der Waals surface area contributed by atoms with Crippen LogP contribution in [0.3, 0.4) is 0 Å². The van der Waals surface area contributed by atoms with E-state index in [1.807, 2.05) is 0 Å². The number of hydrogen-bond donors (Lipinski definition) is 2. The zero-order chi connectivity index (χ0) is 15.9. The lowest BCUT2D eigenvalue weighted by atomic mass is 10.2. The summed E-state index contributed by atoms with van der Waals surface area (Å²) in [6.07, 6.45) is 2.44. The molecule has 0 radical (unpaired) electrons. The van der Waals surface area contributed by atoms with E-state index in [0.29, 0.717) is 19.6 Å². The van der Waals surface area contributed by atoms with Crippen molar-refractivity contribution in [2.24, 2.45) is 0 Å². The highest BCUT2D eigenvalue weighted by Crippen LogP contribution is 2.29. The van der Waals surface area contributed by atoms with E-state index < -0.39 is 10.0 Å². The van der Waals surface area contributed by atoms with Gasteiger partial charge in [-0.1, -0.05) is 23.2 Å². The molecule has 1 aromatic carbocycles. The zero-order valence-corrected chi connectivity index (χ0v) is 14.1. The fourth-order valence-corrected chi connectivity index (χ4v) is 3.76. The molecule has 0 unspecified atom stereocenters. The summed E-state index contributed by atoms with van der Waals surface area (Å²) in [4.78, 5) is -0.113. The van der Waals surface area contributed by atoms with Crippen LogP contribution in [0.5, 0.6) is 0 Å². The Hall–Kier alpha value is -0.370. The molecule has 0 aromatic heterocycles. The molecule has 8 heteroatoms. The second kappa shape index (κ2) is 8.92. The molecule has 0 saturated carbocycles. The summed E-state index contributed by atoms with van der Waals surface area (Å²) < 4.78 is 31.8. The van der Waals surface area contributed by atoms with Gasteiger partial charge in [0.1, 0.15) is 4.90 Å². The first kappa shape index (κ1) is 18.7. The number of unbranched alkanes of at least 4 members (excludes halogenated alkanes) is 2. The maximum Gasteiger partial charge on any atom is 0.242 e. The molecular formula is C13H19Cl2NO4S. The number of sulfonamides is 1. The average Bonchev–Trinajstić information content (AvgIpc) is 2.44. The van der Waals surface area contributed by atoms with Gasteiger partial charge in [0, 0.05) is 25.3 Å². The first-order valence-electron chi connectivity index (χ1n) is 6.49. The Balaban J connectivity index is 2.72. The molecule has 1 aromatic rings. The van der Waals surface area contributed by atoms with E-state index in [-0.39, 0.29) is 27.1 Å². The third-order valence-electron chi connectivity index (χ3n) is 2.86. The van der Waals surface area contributed by atoms with Gasteiger partial charge in [0.15, 0.2) is 0 Å². The summed E-state index contributed by atoms with van der Waals surface area (Å²) in [6, 6.07) is 2.71. The maximum atomic E-state index is 12.2. The molecule has 2 N–H and O–H groups in total. The smallest absolute Gasteiger partial charge is 0.242 e. The minimum atomic E-state index is -3.75. The van der Waals surface area contributed by atoms with Crippen molar-refractivity contribution in [3.8, 4) is 0 Å². The number of aliphatic hydroxyl groups is 1. The number of halogens is 2. The molecule has 0 aliphatic rings. The Labute approximate surface area is 135 Å². The molecule has 0 amide bonds. The topological polar surface area (TPSA) is 75.6 Å². The van der Waals surface area contributed by atoms with Crippen molar-refractivity contribution in [3.05, 3.63) is 27.7 Å². The lowest BCUT2D eigenvalue weighted by molar-refractivity contribution is 0.192. The molecule has 0 fully saturated rings. The average molecular weight is 356 g/mol. The van der Waals surface area contributed by atoms with Crippen LogP contribution in [0.15, 0.2) is 17.0 Å². The highest BCUT2D eigenvalue weighted by Gasteiger charge is 2.20. The van der Waals surface area contributed by atoms with E-state index in [1.54, 1.807) is 7.11 Å². The Kier molecular flexibility index (Phi) is 7.94. The molecule has 1 rings (SSSR count). The quantitative estimate of drug-likeness (QED) is 0.667. The molecule has 0 bridgehead atoms. The first-order valence-corrected chi connectivity index (χ1v) is 8.73. The lowest BCUT2D eigenvalue weighted by Crippen LogP contribution is -2.25. The molecule has 5 nitrogen and oxygen atoms in total. The highest BCUT2D eigenvalue weighted by molar-refractivity contribution is 7.89. The minimum absolute atomic E-state index is 0.00576. The van der Waals surface area contributed by atoms with Gasteiger partial charge in [-0.15, -0.1) is 0 Å². The predicted molar refractivity (Wildman–Crippen MR) is 83.3 cm³/mol. The summed E-state index contributed by atoms with van der Waals surface area (Å²) in [6.45, 7) is 0.592. The van der Waals surface area contributed by atoms with E-state index in [9.17, 15) is 8.42 Å². The van der Waals surface area contributed by atoms with Crippen LogP contribution in [0, 0.1) is 0 Å². The van der Waals surface area contributed by atoms with Crippen LogP contribution in [-0.2, 0) is 21.4 Å². The SMILES string of the molecule is COCCCCCNS(=O)(=O)c1cc(Cl)cc(CO)c1Cl. The van der Waals surface area contributed by atoms with Crippen LogP contribution in [0.1, 0.15) is 24.8 Å². The van der Waals surface area contributed by atoms with Crippen LogP contribution in [-0.4, -0.2) is 33.8 Å². The van der Waals surface area contributed by atoms with Crippen molar-refractivity contribution in [1.82, 2.24) is 4.72 Å². The van der Waals surface area contributed by atoms with Crippen molar-refractivity contribution in [2.45, 2.75) is 30.8 Å². The van der Waals surface area contributed by atoms with E-state index >= 15 is 0 Å². The monoisotopic (exact) mass is 355 g/mol. The number of ether oxygens (including phenoxy) is 1. The molecule has 0 aliphatic carbocycles. The zero-order valence-electron chi connectivity index (χ0n) is 11.7. The number of aliphatic hydroxyl groups excluding tert-OH is 1. The molecular weight excluding hydrogens is 337 g/mol. The van der Waals surface area contributed by atoms with Gasteiger partial charge in [-0.25, -0.2) is 13.1 Å². The number of benzene rings is 1. The minimum Gasteiger partial charge on any atom is -0.392 e. The van der Waals surface area contributed by atoms with Gasteiger partial charge < -0.3 is 9.84 Å².